The van der Waals surface area contributed by atoms with Crippen molar-refractivity contribution >= 4 is 19.7 Å². The van der Waals surface area contributed by atoms with Crippen molar-refractivity contribution in [2.45, 2.75) is 89.3 Å². The Morgan fingerprint density at radius 1 is 1.08 bits per heavy atom. The number of nitriles is 1. The van der Waals surface area contributed by atoms with Crippen LogP contribution in [0, 0.1) is 11.3 Å². The van der Waals surface area contributed by atoms with E-state index in [1.54, 1.807) is 12.3 Å². The Labute approximate surface area is 217 Å². The van der Waals surface area contributed by atoms with Gasteiger partial charge >= 0.3 is 6.18 Å². The summed E-state index contributed by atoms with van der Waals surface area (Å²) in [5, 5.41) is 13.6. The number of benzene rings is 1. The van der Waals surface area contributed by atoms with Gasteiger partial charge in [-0.3, -0.25) is 0 Å². The van der Waals surface area contributed by atoms with Crippen molar-refractivity contribution < 1.29 is 17.6 Å². The second-order valence-corrected chi connectivity index (χ2v) is 16.3. The molecule has 5 nitrogen and oxygen atoms in total. The van der Waals surface area contributed by atoms with E-state index in [-0.39, 0.29) is 21.9 Å². The van der Waals surface area contributed by atoms with Gasteiger partial charge < -0.3 is 14.1 Å². The largest absolute Gasteiger partial charge is 0.414 e. The van der Waals surface area contributed by atoms with E-state index < -0.39 is 20.9 Å². The summed E-state index contributed by atoms with van der Waals surface area (Å²) in [4.78, 5) is 4.12. The van der Waals surface area contributed by atoms with Crippen LogP contribution in [-0.4, -0.2) is 36.0 Å². The molecule has 37 heavy (non-hydrogen) atoms. The summed E-state index contributed by atoms with van der Waals surface area (Å²) in [5.74, 6) is 0. The van der Waals surface area contributed by atoms with E-state index in [9.17, 15) is 18.4 Å². The lowest BCUT2D eigenvalue weighted by atomic mass is 9.93. The third-order valence-electron chi connectivity index (χ3n) is 7.76. The standard InChI is InChI=1S/C28H35F3N4OSi/c1-27(2,3)37(4,5)36-23-12-10-21(11-13-23)34-20-8-6-19(7-9-20)24-14-15-35-22(16-28(29,30)31)18-33-26(35)25(24)17-32/h6-9,14-15,18,21,23,34H,10-13,16H2,1-5H3/t21-,23-. The Morgan fingerprint density at radius 3 is 2.30 bits per heavy atom. The molecule has 1 aliphatic rings. The number of alkyl halides is 3. The van der Waals surface area contributed by atoms with Gasteiger partial charge in [0.25, 0.3) is 0 Å². The molecule has 1 N–H and O–H groups in total. The smallest absolute Gasteiger partial charge is 0.394 e. The van der Waals surface area contributed by atoms with Gasteiger partial charge in [-0.1, -0.05) is 32.9 Å². The van der Waals surface area contributed by atoms with Crippen molar-refractivity contribution in [2.24, 2.45) is 0 Å². The Morgan fingerprint density at radius 2 is 1.73 bits per heavy atom. The minimum atomic E-state index is -4.35. The highest BCUT2D eigenvalue weighted by atomic mass is 28.4. The average molecular weight is 529 g/mol. The summed E-state index contributed by atoms with van der Waals surface area (Å²) in [7, 11) is -1.76. The van der Waals surface area contributed by atoms with Crippen molar-refractivity contribution in [2.75, 3.05) is 5.32 Å². The summed E-state index contributed by atoms with van der Waals surface area (Å²) in [6, 6.07) is 12.0. The quantitative estimate of drug-likeness (QED) is 0.333. The number of rotatable bonds is 6. The molecule has 0 saturated heterocycles. The van der Waals surface area contributed by atoms with Crippen LogP contribution >= 0.6 is 0 Å². The fourth-order valence-electron chi connectivity index (χ4n) is 4.69. The maximum absolute atomic E-state index is 12.9. The number of halogens is 3. The van der Waals surface area contributed by atoms with Crippen LogP contribution in [0.3, 0.4) is 0 Å². The van der Waals surface area contributed by atoms with Crippen LogP contribution in [0.15, 0.2) is 42.7 Å². The zero-order chi connectivity index (χ0) is 27.0. The Balaban J connectivity index is 1.42. The molecule has 0 unspecified atom stereocenters. The number of hydrogen-bond donors (Lipinski definition) is 1. The van der Waals surface area contributed by atoms with Gasteiger partial charge in [-0.15, -0.1) is 0 Å². The fourth-order valence-corrected chi connectivity index (χ4v) is 6.11. The van der Waals surface area contributed by atoms with Gasteiger partial charge in [-0.05, 0) is 67.6 Å². The number of hydrogen-bond acceptors (Lipinski definition) is 4. The highest BCUT2D eigenvalue weighted by Gasteiger charge is 2.39. The molecule has 4 rings (SSSR count). The van der Waals surface area contributed by atoms with Crippen molar-refractivity contribution in [1.29, 1.82) is 5.26 Å². The highest BCUT2D eigenvalue weighted by molar-refractivity contribution is 6.74. The van der Waals surface area contributed by atoms with E-state index in [0.29, 0.717) is 17.7 Å². The van der Waals surface area contributed by atoms with Crippen LogP contribution in [0.2, 0.25) is 18.1 Å². The minimum Gasteiger partial charge on any atom is -0.414 e. The van der Waals surface area contributed by atoms with Crippen LogP contribution in [-0.2, 0) is 10.8 Å². The third-order valence-corrected chi connectivity index (χ3v) is 12.3. The number of nitrogens with one attached hydrogen (secondary N) is 1. The van der Waals surface area contributed by atoms with Crippen LogP contribution in [0.1, 0.15) is 57.7 Å². The molecule has 1 aliphatic carbocycles. The van der Waals surface area contributed by atoms with Gasteiger partial charge in [-0.25, -0.2) is 4.98 Å². The SMILES string of the molecule is CC(C)(C)[Si](C)(C)O[C@H]1CC[C@H](Nc2ccc(-c3ccn4c(CC(F)(F)F)cnc4c3C#N)cc2)CC1. The van der Waals surface area contributed by atoms with Gasteiger partial charge in [0.05, 0.1) is 12.1 Å². The van der Waals surface area contributed by atoms with E-state index in [1.165, 1.54) is 10.6 Å². The molecule has 2 heterocycles. The molecule has 0 spiro atoms. The molecule has 0 atom stereocenters. The number of nitrogens with zero attached hydrogens (tertiary/aromatic N) is 3. The highest BCUT2D eigenvalue weighted by Crippen LogP contribution is 2.39. The molecule has 1 saturated carbocycles. The first kappa shape index (κ1) is 27.2. The monoisotopic (exact) mass is 528 g/mol. The molecule has 0 bridgehead atoms. The van der Waals surface area contributed by atoms with Crippen LogP contribution < -0.4 is 5.32 Å². The van der Waals surface area contributed by atoms with E-state index in [2.05, 4.69) is 50.2 Å². The molecule has 0 amide bonds. The van der Waals surface area contributed by atoms with Crippen molar-refractivity contribution in [3.63, 3.8) is 0 Å². The maximum Gasteiger partial charge on any atom is 0.394 e. The lowest BCUT2D eigenvalue weighted by molar-refractivity contribution is -0.127. The van der Waals surface area contributed by atoms with Crippen molar-refractivity contribution in [3.05, 3.63) is 54.0 Å². The minimum absolute atomic E-state index is 0.00883. The average Bonchev–Trinajstić information content (AvgIpc) is 3.20. The zero-order valence-electron chi connectivity index (χ0n) is 22.1. The van der Waals surface area contributed by atoms with Gasteiger partial charge in [0, 0.05) is 35.8 Å². The summed E-state index contributed by atoms with van der Waals surface area (Å²) >= 11 is 0. The fraction of sp³-hybridized carbons (Fsp3) is 0.500. The van der Waals surface area contributed by atoms with Gasteiger partial charge in [0.2, 0.25) is 0 Å². The zero-order valence-corrected chi connectivity index (χ0v) is 23.1. The molecular formula is C28H35F3N4OSi. The second-order valence-electron chi connectivity index (χ2n) is 11.5. The normalized spacial score (nSPS) is 19.1. The number of fused-ring (bicyclic) bond motifs is 1. The number of aromatic nitrogens is 2. The third kappa shape index (κ3) is 6.19. The van der Waals surface area contributed by atoms with Crippen LogP contribution in [0.4, 0.5) is 18.9 Å². The Kier molecular flexibility index (Phi) is 7.46. The number of pyridine rings is 1. The Bertz CT molecular complexity index is 1280. The summed E-state index contributed by atoms with van der Waals surface area (Å²) in [6.45, 7) is 11.4. The Hall–Kier alpha value is -2.83. The molecule has 0 radical (unpaired) electrons. The van der Waals surface area contributed by atoms with Gasteiger partial charge in [0.1, 0.15) is 11.6 Å². The molecule has 1 aromatic carbocycles. The lowest BCUT2D eigenvalue weighted by Gasteiger charge is -2.41. The summed E-state index contributed by atoms with van der Waals surface area (Å²) < 4.78 is 46.6. The first-order valence-corrected chi connectivity index (χ1v) is 15.7. The first-order valence-electron chi connectivity index (χ1n) is 12.8. The van der Waals surface area contributed by atoms with Crippen LogP contribution in [0.25, 0.3) is 16.8 Å². The van der Waals surface area contributed by atoms with E-state index in [0.717, 1.165) is 36.9 Å². The van der Waals surface area contributed by atoms with E-state index in [4.69, 9.17) is 4.43 Å². The molecule has 9 heteroatoms. The number of imidazole rings is 1. The molecule has 2 aromatic heterocycles. The predicted molar refractivity (Wildman–Crippen MR) is 143 cm³/mol. The molecule has 1 fully saturated rings. The predicted octanol–water partition coefficient (Wildman–Crippen LogP) is 7.72. The summed E-state index contributed by atoms with van der Waals surface area (Å²) in [5.41, 5.74) is 2.97. The first-order chi connectivity index (χ1) is 17.3. The van der Waals surface area contributed by atoms with E-state index in [1.807, 2.05) is 24.3 Å². The van der Waals surface area contributed by atoms with Gasteiger partial charge in [0.15, 0.2) is 14.0 Å². The van der Waals surface area contributed by atoms with Crippen molar-refractivity contribution in [3.8, 4) is 17.2 Å². The van der Waals surface area contributed by atoms with Crippen molar-refractivity contribution in [1.82, 2.24) is 9.38 Å². The second kappa shape index (κ2) is 10.1. The molecular weight excluding hydrogens is 493 g/mol. The lowest BCUT2D eigenvalue weighted by Crippen LogP contribution is -2.45. The summed E-state index contributed by atoms with van der Waals surface area (Å²) in [6.07, 6.45) is 1.84. The molecule has 3 aromatic rings. The molecule has 0 aliphatic heterocycles. The maximum atomic E-state index is 12.9. The molecule has 198 valence electrons. The number of anilines is 1. The van der Waals surface area contributed by atoms with Gasteiger partial charge in [-0.2, -0.15) is 18.4 Å². The van der Waals surface area contributed by atoms with E-state index >= 15 is 0 Å². The van der Waals surface area contributed by atoms with Crippen LogP contribution in [0.5, 0.6) is 0 Å². The topological polar surface area (TPSA) is 62.4 Å².